The summed E-state index contributed by atoms with van der Waals surface area (Å²) in [6, 6.07) is 25.2. The smallest absolute Gasteiger partial charge is 0.249 e. The lowest BCUT2D eigenvalue weighted by Gasteiger charge is -2.37. The summed E-state index contributed by atoms with van der Waals surface area (Å²) in [5.74, 6) is 1.08. The number of amides is 2. The summed E-state index contributed by atoms with van der Waals surface area (Å²) >= 11 is 0. The predicted octanol–water partition coefficient (Wildman–Crippen LogP) is 5.59. The Morgan fingerprint density at radius 1 is 0.922 bits per heavy atom. The number of hydrogen-bond acceptors (Lipinski definition) is 9. The van der Waals surface area contributed by atoms with Crippen LogP contribution in [0.1, 0.15) is 55.7 Å². The molecule has 12 heteroatoms. The Balaban J connectivity index is 0.934. The highest BCUT2D eigenvalue weighted by Crippen LogP contribution is 2.36. The molecule has 0 saturated carbocycles. The second-order valence-electron chi connectivity index (χ2n) is 13.8. The molecule has 262 valence electrons. The molecule has 3 aliphatic heterocycles. The van der Waals surface area contributed by atoms with Gasteiger partial charge in [0, 0.05) is 44.3 Å². The first-order chi connectivity index (χ1) is 24.9. The number of hydrogen-bond donors (Lipinski definition) is 2. The van der Waals surface area contributed by atoms with Crippen LogP contribution in [0, 0.1) is 5.82 Å². The first-order valence-corrected chi connectivity index (χ1v) is 17.9. The Kier molecular flexibility index (Phi) is 9.08. The van der Waals surface area contributed by atoms with Gasteiger partial charge < -0.3 is 15.1 Å². The van der Waals surface area contributed by atoms with Gasteiger partial charge in [0.1, 0.15) is 29.2 Å². The molecule has 2 amide bonds. The molecule has 0 bridgehead atoms. The number of piperidine rings is 2. The van der Waals surface area contributed by atoms with Crippen molar-refractivity contribution in [2.45, 2.75) is 63.2 Å². The fourth-order valence-electron chi connectivity index (χ4n) is 7.79. The van der Waals surface area contributed by atoms with Crippen LogP contribution in [-0.4, -0.2) is 75.1 Å². The van der Waals surface area contributed by atoms with Crippen molar-refractivity contribution in [3.8, 4) is 11.4 Å². The summed E-state index contributed by atoms with van der Waals surface area (Å²) in [7, 11) is 2.16. The van der Waals surface area contributed by atoms with Crippen molar-refractivity contribution >= 4 is 34.8 Å². The minimum atomic E-state index is -0.414. The second-order valence-corrected chi connectivity index (χ2v) is 13.8. The van der Waals surface area contributed by atoms with Gasteiger partial charge in [-0.15, -0.1) is 5.10 Å². The number of pyridine rings is 1. The number of carbonyl (C=O) groups excluding carboxylic acids is 2. The molecule has 3 fully saturated rings. The summed E-state index contributed by atoms with van der Waals surface area (Å²) in [4.78, 5) is 40.7. The maximum atomic E-state index is 14.1. The normalized spacial score (nSPS) is 20.0. The number of imide groups is 1. The van der Waals surface area contributed by atoms with Gasteiger partial charge in [-0.05, 0) is 92.7 Å². The molecule has 3 saturated heterocycles. The van der Waals surface area contributed by atoms with Gasteiger partial charge >= 0.3 is 0 Å². The number of benzene rings is 2. The second kappa shape index (κ2) is 14.1. The van der Waals surface area contributed by atoms with E-state index in [9.17, 15) is 14.0 Å². The molecule has 3 aliphatic rings. The number of fused-ring (bicyclic) bond motifs is 1. The molecule has 2 aromatic carbocycles. The number of rotatable bonds is 9. The van der Waals surface area contributed by atoms with Crippen molar-refractivity contribution < 1.29 is 14.0 Å². The number of anilines is 3. The summed E-state index contributed by atoms with van der Waals surface area (Å²) in [6.45, 7) is 3.37. The third-order valence-corrected chi connectivity index (χ3v) is 10.5. The van der Waals surface area contributed by atoms with Crippen LogP contribution in [0.15, 0.2) is 85.1 Å². The number of imidazole rings is 1. The van der Waals surface area contributed by atoms with E-state index in [0.29, 0.717) is 18.9 Å². The standard InChI is InChI=1S/C39H42FN9O2/c1-46(25-27-7-2-3-10-30(27)42-32-14-17-38(50)44-39(32)51)29-18-21-47(22-19-29)36-13-5-11-31(43-36)34-24-41-35-15-16-37(45-49(34)35)48-20-6-12-33(48)26-8-4-9-28(40)23-26/h2-5,7-11,13,15-16,23-24,29,32-33,42H,6,12,14,17-22,25H2,1H3,(H,44,50,51)/t32?,33-/m1/s1. The minimum absolute atomic E-state index is 0.0743. The molecular formula is C39H42FN9O2. The van der Waals surface area contributed by atoms with Crippen molar-refractivity contribution in [1.29, 1.82) is 0 Å². The summed E-state index contributed by atoms with van der Waals surface area (Å²) in [6.07, 6.45) is 6.63. The predicted molar refractivity (Wildman–Crippen MR) is 195 cm³/mol. The van der Waals surface area contributed by atoms with Gasteiger partial charge in [0.05, 0.1) is 17.9 Å². The van der Waals surface area contributed by atoms with Crippen molar-refractivity contribution in [3.05, 3.63) is 102 Å². The third kappa shape index (κ3) is 6.88. The zero-order valence-corrected chi connectivity index (χ0v) is 28.7. The van der Waals surface area contributed by atoms with E-state index >= 15 is 0 Å². The molecule has 11 nitrogen and oxygen atoms in total. The molecule has 2 atom stereocenters. The number of para-hydroxylation sites is 1. The Labute approximate surface area is 296 Å². The van der Waals surface area contributed by atoms with E-state index in [1.54, 1.807) is 12.1 Å². The van der Waals surface area contributed by atoms with Crippen molar-refractivity contribution in [3.63, 3.8) is 0 Å². The summed E-state index contributed by atoms with van der Waals surface area (Å²) in [5, 5.41) is 10.9. The number of carbonyl (C=O) groups is 2. The number of nitrogens with one attached hydrogen (secondary N) is 2. The summed E-state index contributed by atoms with van der Waals surface area (Å²) in [5.41, 5.74) is 5.41. The number of halogens is 1. The first kappa shape index (κ1) is 32.8. The van der Waals surface area contributed by atoms with Gasteiger partial charge in [-0.2, -0.15) is 0 Å². The van der Waals surface area contributed by atoms with Gasteiger partial charge in [0.25, 0.3) is 0 Å². The van der Waals surface area contributed by atoms with E-state index in [4.69, 9.17) is 10.1 Å². The van der Waals surface area contributed by atoms with Crippen LogP contribution in [0.5, 0.6) is 0 Å². The average Bonchev–Trinajstić information content (AvgIpc) is 3.81. The molecule has 0 aliphatic carbocycles. The molecule has 0 spiro atoms. The molecule has 8 rings (SSSR count). The van der Waals surface area contributed by atoms with E-state index < -0.39 is 6.04 Å². The zero-order chi connectivity index (χ0) is 34.9. The number of aromatic nitrogens is 4. The Hall–Kier alpha value is -5.36. The van der Waals surface area contributed by atoms with E-state index in [0.717, 1.165) is 97.3 Å². The molecule has 1 unspecified atom stereocenters. The van der Waals surface area contributed by atoms with Gasteiger partial charge in [-0.1, -0.05) is 36.4 Å². The lowest BCUT2D eigenvalue weighted by atomic mass is 10.0. The van der Waals surface area contributed by atoms with E-state index in [-0.39, 0.29) is 23.7 Å². The Morgan fingerprint density at radius 2 is 1.76 bits per heavy atom. The SMILES string of the molecule is CN(Cc1ccccc1NC1CCC(=O)NC1=O)C1CCN(c2cccc(-c3cnc4ccc(N5CCC[C@@H]5c5cccc(F)c5)nn34)n2)CC1. The van der Waals surface area contributed by atoms with Crippen molar-refractivity contribution in [1.82, 2.24) is 29.8 Å². The number of nitrogens with zero attached hydrogens (tertiary/aromatic N) is 7. The van der Waals surface area contributed by atoms with Gasteiger partial charge in [-0.25, -0.2) is 18.9 Å². The van der Waals surface area contributed by atoms with E-state index in [1.165, 1.54) is 6.07 Å². The van der Waals surface area contributed by atoms with Gasteiger partial charge in [0.2, 0.25) is 11.8 Å². The maximum Gasteiger partial charge on any atom is 0.249 e. The van der Waals surface area contributed by atoms with Crippen molar-refractivity contribution in [2.75, 3.05) is 41.8 Å². The van der Waals surface area contributed by atoms with Crippen LogP contribution >= 0.6 is 0 Å². The van der Waals surface area contributed by atoms with Crippen LogP contribution in [0.3, 0.4) is 0 Å². The largest absolute Gasteiger partial charge is 0.373 e. The minimum Gasteiger partial charge on any atom is -0.373 e. The molecule has 3 aromatic heterocycles. The van der Waals surface area contributed by atoms with Crippen LogP contribution in [0.4, 0.5) is 21.7 Å². The average molecular weight is 688 g/mol. The van der Waals surface area contributed by atoms with Crippen molar-refractivity contribution in [2.24, 2.45) is 0 Å². The summed E-state index contributed by atoms with van der Waals surface area (Å²) < 4.78 is 16.0. The van der Waals surface area contributed by atoms with Gasteiger partial charge in [-0.3, -0.25) is 19.8 Å². The van der Waals surface area contributed by atoms with E-state index in [1.807, 2.05) is 59.2 Å². The quantitative estimate of drug-likeness (QED) is 0.192. The first-order valence-electron chi connectivity index (χ1n) is 17.9. The monoisotopic (exact) mass is 687 g/mol. The maximum absolute atomic E-state index is 14.1. The lowest BCUT2D eigenvalue weighted by Crippen LogP contribution is -2.47. The topological polar surface area (TPSA) is 111 Å². The molecular weight excluding hydrogens is 645 g/mol. The zero-order valence-electron chi connectivity index (χ0n) is 28.7. The molecule has 0 radical (unpaired) electrons. The van der Waals surface area contributed by atoms with E-state index in [2.05, 4.69) is 49.5 Å². The fraction of sp³-hybridized carbons (Fsp3) is 0.359. The lowest BCUT2D eigenvalue weighted by molar-refractivity contribution is -0.133. The third-order valence-electron chi connectivity index (χ3n) is 10.5. The van der Waals surface area contributed by atoms with Crippen LogP contribution < -0.4 is 20.4 Å². The Bertz CT molecular complexity index is 2060. The van der Waals surface area contributed by atoms with Crippen LogP contribution in [-0.2, 0) is 16.1 Å². The van der Waals surface area contributed by atoms with Crippen LogP contribution in [0.25, 0.3) is 17.0 Å². The fourth-order valence-corrected chi connectivity index (χ4v) is 7.79. The highest BCUT2D eigenvalue weighted by atomic mass is 19.1. The highest BCUT2D eigenvalue weighted by molar-refractivity contribution is 6.01. The van der Waals surface area contributed by atoms with Gasteiger partial charge in [0.15, 0.2) is 5.65 Å². The Morgan fingerprint density at radius 3 is 2.61 bits per heavy atom. The molecule has 6 heterocycles. The highest BCUT2D eigenvalue weighted by Gasteiger charge is 2.30. The van der Waals surface area contributed by atoms with Crippen LogP contribution in [0.2, 0.25) is 0 Å². The molecule has 51 heavy (non-hydrogen) atoms. The molecule has 2 N–H and O–H groups in total. The molecule has 5 aromatic rings.